The maximum absolute atomic E-state index is 12.9. The number of hydrogen-bond donors (Lipinski definition) is 1. The van der Waals surface area contributed by atoms with Gasteiger partial charge in [-0.05, 0) is 48.7 Å². The van der Waals surface area contributed by atoms with Crippen molar-refractivity contribution in [2.75, 3.05) is 13.1 Å². The summed E-state index contributed by atoms with van der Waals surface area (Å²) in [5.41, 5.74) is 1.75. The molecule has 7 heteroatoms. The normalized spacial score (nSPS) is 14.5. The van der Waals surface area contributed by atoms with Crippen LogP contribution in [0.2, 0.25) is 10.0 Å². The lowest BCUT2D eigenvalue weighted by Gasteiger charge is -2.31. The number of carbonyl (C=O) groups excluding carboxylic acids is 2. The Morgan fingerprint density at radius 3 is 2.26 bits per heavy atom. The third kappa shape index (κ3) is 4.58. The fourth-order valence-corrected chi connectivity index (χ4v) is 4.13. The highest BCUT2D eigenvalue weighted by Gasteiger charge is 2.29. The van der Waals surface area contributed by atoms with Crippen LogP contribution in [0.25, 0.3) is 11.3 Å². The summed E-state index contributed by atoms with van der Waals surface area (Å²) in [5.74, 6) is -0.517. The van der Waals surface area contributed by atoms with Gasteiger partial charge in [-0.15, -0.1) is 0 Å². The molecule has 2 heterocycles. The van der Waals surface area contributed by atoms with Crippen LogP contribution in [0.1, 0.15) is 33.6 Å². The molecule has 0 bridgehead atoms. The van der Waals surface area contributed by atoms with Crippen molar-refractivity contribution >= 4 is 34.9 Å². The van der Waals surface area contributed by atoms with Crippen LogP contribution in [0, 0.1) is 5.92 Å². The number of ketones is 1. The zero-order valence-electron chi connectivity index (χ0n) is 16.6. The molecule has 1 aliphatic rings. The molecule has 1 aliphatic heterocycles. The van der Waals surface area contributed by atoms with E-state index in [0.29, 0.717) is 47.2 Å². The van der Waals surface area contributed by atoms with E-state index < -0.39 is 5.56 Å². The molecule has 0 unspecified atom stereocenters. The minimum atomic E-state index is -0.416. The van der Waals surface area contributed by atoms with E-state index in [2.05, 4.69) is 4.98 Å². The summed E-state index contributed by atoms with van der Waals surface area (Å²) in [6.07, 6.45) is 1.07. The number of aromatic nitrogens is 1. The third-order valence-corrected chi connectivity index (χ3v) is 6.32. The lowest BCUT2D eigenvalue weighted by atomic mass is 9.88. The first-order chi connectivity index (χ1) is 14.9. The maximum Gasteiger partial charge on any atom is 0.261 e. The van der Waals surface area contributed by atoms with Gasteiger partial charge in [0.1, 0.15) is 5.56 Å². The molecule has 0 aliphatic carbocycles. The molecule has 0 saturated carbocycles. The van der Waals surface area contributed by atoms with Gasteiger partial charge in [-0.2, -0.15) is 0 Å². The molecule has 5 nitrogen and oxygen atoms in total. The number of hydrogen-bond acceptors (Lipinski definition) is 3. The van der Waals surface area contributed by atoms with Crippen molar-refractivity contribution in [1.82, 2.24) is 9.88 Å². The second-order valence-electron chi connectivity index (χ2n) is 7.54. The molecule has 1 aromatic heterocycles. The summed E-state index contributed by atoms with van der Waals surface area (Å²) in [7, 11) is 0. The summed E-state index contributed by atoms with van der Waals surface area (Å²) >= 11 is 11.9. The highest BCUT2D eigenvalue weighted by Crippen LogP contribution is 2.27. The van der Waals surface area contributed by atoms with E-state index >= 15 is 0 Å². The van der Waals surface area contributed by atoms with Gasteiger partial charge in [0.2, 0.25) is 0 Å². The Morgan fingerprint density at radius 2 is 1.61 bits per heavy atom. The second kappa shape index (κ2) is 9.08. The number of piperidine rings is 1. The summed E-state index contributed by atoms with van der Waals surface area (Å²) in [6, 6.07) is 17.6. The van der Waals surface area contributed by atoms with E-state index in [0.717, 1.165) is 5.56 Å². The Morgan fingerprint density at radius 1 is 0.903 bits per heavy atom. The first-order valence-corrected chi connectivity index (χ1v) is 10.8. The average Bonchev–Trinajstić information content (AvgIpc) is 2.80. The summed E-state index contributed by atoms with van der Waals surface area (Å²) in [6.45, 7) is 0.826. The molecular weight excluding hydrogens is 435 g/mol. The molecule has 1 amide bonds. The van der Waals surface area contributed by atoms with Crippen LogP contribution in [0.3, 0.4) is 0 Å². The van der Waals surface area contributed by atoms with Crippen molar-refractivity contribution in [1.29, 1.82) is 0 Å². The van der Waals surface area contributed by atoms with Crippen molar-refractivity contribution in [3.8, 4) is 11.3 Å². The van der Waals surface area contributed by atoms with E-state index in [1.807, 2.05) is 30.3 Å². The Balaban J connectivity index is 1.43. The molecule has 1 fully saturated rings. The monoisotopic (exact) mass is 454 g/mol. The number of aromatic amines is 1. The molecule has 0 radical (unpaired) electrons. The number of carbonyl (C=O) groups is 2. The third-order valence-electron chi connectivity index (χ3n) is 5.58. The van der Waals surface area contributed by atoms with Gasteiger partial charge < -0.3 is 9.88 Å². The quantitative estimate of drug-likeness (QED) is 0.558. The van der Waals surface area contributed by atoms with Crippen molar-refractivity contribution in [3.05, 3.63) is 92.2 Å². The average molecular weight is 455 g/mol. The SMILES string of the molecule is O=C(c1ccc(Cl)c(Cl)c1)C1CCN(C(=O)c2ccc(-c3ccccc3)[nH]c2=O)CC1. The Kier molecular flexibility index (Phi) is 6.25. The molecule has 3 aromatic rings. The van der Waals surface area contributed by atoms with E-state index in [4.69, 9.17) is 23.2 Å². The minimum absolute atomic E-state index is 0.00396. The van der Waals surface area contributed by atoms with Gasteiger partial charge in [-0.1, -0.05) is 53.5 Å². The summed E-state index contributed by atoms with van der Waals surface area (Å²) < 4.78 is 0. The minimum Gasteiger partial charge on any atom is -0.338 e. The molecule has 0 atom stereocenters. The van der Waals surface area contributed by atoms with E-state index in [1.165, 1.54) is 0 Å². The van der Waals surface area contributed by atoms with Crippen LogP contribution in [-0.4, -0.2) is 34.7 Å². The van der Waals surface area contributed by atoms with Crippen LogP contribution in [0.15, 0.2) is 65.5 Å². The van der Waals surface area contributed by atoms with Crippen molar-refractivity contribution in [2.24, 2.45) is 5.92 Å². The number of Topliss-reactive ketones (excluding diaryl/α,β-unsaturated/α-hetero) is 1. The van der Waals surface area contributed by atoms with E-state index in [1.54, 1.807) is 35.2 Å². The highest BCUT2D eigenvalue weighted by molar-refractivity contribution is 6.42. The van der Waals surface area contributed by atoms with Gasteiger partial charge in [0, 0.05) is 30.3 Å². The predicted molar refractivity (Wildman–Crippen MR) is 122 cm³/mol. The first kappa shape index (κ1) is 21.3. The van der Waals surface area contributed by atoms with Gasteiger partial charge in [-0.3, -0.25) is 14.4 Å². The molecule has 0 spiro atoms. The fourth-order valence-electron chi connectivity index (χ4n) is 3.83. The van der Waals surface area contributed by atoms with Crippen LogP contribution in [0.4, 0.5) is 0 Å². The topological polar surface area (TPSA) is 70.2 Å². The number of nitrogens with one attached hydrogen (secondary N) is 1. The lowest BCUT2D eigenvalue weighted by Crippen LogP contribution is -2.42. The van der Waals surface area contributed by atoms with E-state index in [9.17, 15) is 14.4 Å². The zero-order chi connectivity index (χ0) is 22.0. The number of amides is 1. The van der Waals surface area contributed by atoms with Gasteiger partial charge >= 0.3 is 0 Å². The fraction of sp³-hybridized carbons (Fsp3) is 0.208. The molecule has 31 heavy (non-hydrogen) atoms. The van der Waals surface area contributed by atoms with Crippen molar-refractivity contribution in [2.45, 2.75) is 12.8 Å². The smallest absolute Gasteiger partial charge is 0.261 e. The van der Waals surface area contributed by atoms with Crippen LogP contribution >= 0.6 is 23.2 Å². The van der Waals surface area contributed by atoms with Crippen molar-refractivity contribution < 1.29 is 9.59 Å². The highest BCUT2D eigenvalue weighted by atomic mass is 35.5. The zero-order valence-corrected chi connectivity index (χ0v) is 18.1. The largest absolute Gasteiger partial charge is 0.338 e. The molecular formula is C24H20Cl2N2O3. The second-order valence-corrected chi connectivity index (χ2v) is 8.35. The number of H-pyrrole nitrogens is 1. The summed E-state index contributed by atoms with van der Waals surface area (Å²) in [5, 5.41) is 0.750. The Hall–Kier alpha value is -2.89. The Bertz CT molecular complexity index is 1180. The molecule has 4 rings (SSSR count). The molecule has 158 valence electrons. The van der Waals surface area contributed by atoms with Gasteiger partial charge in [0.25, 0.3) is 11.5 Å². The van der Waals surface area contributed by atoms with Crippen LogP contribution < -0.4 is 5.56 Å². The standard InChI is InChI=1S/C24H20Cl2N2O3/c25-19-8-6-17(14-20(19)26)22(29)16-10-12-28(13-11-16)24(31)18-7-9-21(27-23(18)30)15-4-2-1-3-5-15/h1-9,14,16H,10-13H2,(H,27,30). The van der Waals surface area contributed by atoms with Crippen molar-refractivity contribution in [3.63, 3.8) is 0 Å². The Labute approximate surface area is 189 Å². The van der Waals surface area contributed by atoms with Crippen LogP contribution in [0.5, 0.6) is 0 Å². The lowest BCUT2D eigenvalue weighted by molar-refractivity contribution is 0.0649. The number of pyridine rings is 1. The predicted octanol–water partition coefficient (Wildman–Crippen LogP) is 5.08. The summed E-state index contributed by atoms with van der Waals surface area (Å²) in [4.78, 5) is 42.6. The number of benzene rings is 2. The number of rotatable bonds is 4. The van der Waals surface area contributed by atoms with Gasteiger partial charge in [-0.25, -0.2) is 0 Å². The number of likely N-dealkylation sites (tertiary alicyclic amines) is 1. The molecule has 2 aromatic carbocycles. The number of halogens is 2. The molecule has 1 saturated heterocycles. The first-order valence-electron chi connectivity index (χ1n) is 10.0. The number of nitrogens with zero attached hydrogens (tertiary/aromatic N) is 1. The van der Waals surface area contributed by atoms with Gasteiger partial charge in [0.15, 0.2) is 5.78 Å². The van der Waals surface area contributed by atoms with Crippen LogP contribution in [-0.2, 0) is 0 Å². The van der Waals surface area contributed by atoms with Gasteiger partial charge in [0.05, 0.1) is 10.0 Å². The maximum atomic E-state index is 12.9. The van der Waals surface area contributed by atoms with E-state index in [-0.39, 0.29) is 23.2 Å². The molecule has 1 N–H and O–H groups in total.